The molecule has 0 saturated carbocycles. The molecule has 19 heavy (non-hydrogen) atoms. The molecule has 0 aliphatic rings. The van der Waals surface area contributed by atoms with Gasteiger partial charge in [-0.05, 0) is 34.1 Å². The first kappa shape index (κ1) is 17.7. The molecule has 0 bridgehead atoms. The molecular formula is C14H28N2O3. The molecular weight excluding hydrogens is 244 g/mol. The van der Waals surface area contributed by atoms with Crippen LogP contribution in [0.15, 0.2) is 0 Å². The van der Waals surface area contributed by atoms with Crippen LogP contribution in [0.1, 0.15) is 41.0 Å². The number of hydrogen-bond acceptors (Lipinski definition) is 3. The van der Waals surface area contributed by atoms with Crippen LogP contribution in [0.5, 0.6) is 0 Å². The van der Waals surface area contributed by atoms with Crippen LogP contribution in [0.3, 0.4) is 0 Å². The van der Waals surface area contributed by atoms with Gasteiger partial charge in [0.25, 0.3) is 0 Å². The summed E-state index contributed by atoms with van der Waals surface area (Å²) in [4.78, 5) is 27.0. The van der Waals surface area contributed by atoms with E-state index in [0.29, 0.717) is 26.1 Å². The highest BCUT2D eigenvalue weighted by atomic mass is 16.6. The van der Waals surface area contributed by atoms with Crippen LogP contribution < -0.4 is 0 Å². The SMILES string of the molecule is CCN(CC)C(=O)OCCC(C)C(=O)N(CC)CC. The Hall–Kier alpha value is -1.26. The van der Waals surface area contributed by atoms with Crippen molar-refractivity contribution < 1.29 is 14.3 Å². The summed E-state index contributed by atoms with van der Waals surface area (Å²) in [6, 6.07) is 0. The number of nitrogens with zero attached hydrogens (tertiary/aromatic N) is 2. The lowest BCUT2D eigenvalue weighted by Crippen LogP contribution is -2.36. The van der Waals surface area contributed by atoms with Crippen molar-refractivity contribution in [2.24, 2.45) is 5.92 Å². The second kappa shape index (κ2) is 9.64. The highest BCUT2D eigenvalue weighted by molar-refractivity contribution is 5.78. The van der Waals surface area contributed by atoms with Gasteiger partial charge in [-0.25, -0.2) is 4.79 Å². The Bertz CT molecular complexity index is 274. The largest absolute Gasteiger partial charge is 0.449 e. The molecule has 0 aliphatic heterocycles. The van der Waals surface area contributed by atoms with Crippen molar-refractivity contribution in [3.8, 4) is 0 Å². The fraction of sp³-hybridized carbons (Fsp3) is 0.857. The molecule has 1 atom stereocenters. The van der Waals surface area contributed by atoms with E-state index in [9.17, 15) is 9.59 Å². The van der Waals surface area contributed by atoms with Gasteiger partial charge in [0.15, 0.2) is 0 Å². The first-order valence-electron chi connectivity index (χ1n) is 7.22. The summed E-state index contributed by atoms with van der Waals surface area (Å²) in [5.74, 6) is 0.0216. The molecule has 0 aromatic carbocycles. The van der Waals surface area contributed by atoms with Crippen LogP contribution in [-0.2, 0) is 9.53 Å². The van der Waals surface area contributed by atoms with Gasteiger partial charge in [-0.2, -0.15) is 0 Å². The average molecular weight is 272 g/mol. The van der Waals surface area contributed by atoms with Crippen LogP contribution in [0.25, 0.3) is 0 Å². The molecule has 5 heteroatoms. The van der Waals surface area contributed by atoms with E-state index in [4.69, 9.17) is 4.74 Å². The van der Waals surface area contributed by atoms with E-state index < -0.39 is 0 Å². The van der Waals surface area contributed by atoms with E-state index in [1.54, 1.807) is 9.80 Å². The minimum Gasteiger partial charge on any atom is -0.449 e. The van der Waals surface area contributed by atoms with E-state index in [-0.39, 0.29) is 17.9 Å². The Morgan fingerprint density at radius 2 is 1.42 bits per heavy atom. The molecule has 0 radical (unpaired) electrons. The van der Waals surface area contributed by atoms with Crippen molar-refractivity contribution in [3.05, 3.63) is 0 Å². The topological polar surface area (TPSA) is 49.9 Å². The maximum Gasteiger partial charge on any atom is 0.409 e. The lowest BCUT2D eigenvalue weighted by molar-refractivity contribution is -0.135. The molecule has 112 valence electrons. The second-order valence-electron chi connectivity index (χ2n) is 4.49. The van der Waals surface area contributed by atoms with Crippen molar-refractivity contribution in [2.75, 3.05) is 32.8 Å². The molecule has 0 aliphatic carbocycles. The third kappa shape index (κ3) is 5.94. The molecule has 0 fully saturated rings. The smallest absolute Gasteiger partial charge is 0.409 e. The number of ether oxygens (including phenoxy) is 1. The molecule has 0 heterocycles. The molecule has 0 rings (SSSR count). The lowest BCUT2D eigenvalue weighted by atomic mass is 10.1. The fourth-order valence-corrected chi connectivity index (χ4v) is 1.87. The molecule has 0 aromatic heterocycles. The van der Waals surface area contributed by atoms with Crippen molar-refractivity contribution in [3.63, 3.8) is 0 Å². The van der Waals surface area contributed by atoms with E-state index in [1.165, 1.54) is 0 Å². The van der Waals surface area contributed by atoms with Gasteiger partial charge < -0.3 is 14.5 Å². The van der Waals surface area contributed by atoms with Crippen molar-refractivity contribution in [2.45, 2.75) is 41.0 Å². The van der Waals surface area contributed by atoms with Gasteiger partial charge in [0.1, 0.15) is 0 Å². The number of rotatable bonds is 8. The number of carbonyl (C=O) groups is 2. The summed E-state index contributed by atoms with van der Waals surface area (Å²) in [6.45, 7) is 12.7. The zero-order chi connectivity index (χ0) is 14.8. The maximum absolute atomic E-state index is 12.0. The summed E-state index contributed by atoms with van der Waals surface area (Å²) < 4.78 is 5.17. The van der Waals surface area contributed by atoms with E-state index in [2.05, 4.69) is 0 Å². The van der Waals surface area contributed by atoms with Gasteiger partial charge in [-0.3, -0.25) is 4.79 Å². The predicted octanol–water partition coefficient (Wildman–Crippen LogP) is 2.36. The molecule has 0 aromatic rings. The Morgan fingerprint density at radius 3 is 1.84 bits per heavy atom. The Labute approximate surface area is 116 Å². The summed E-state index contributed by atoms with van der Waals surface area (Å²) in [6.07, 6.45) is 0.273. The number of hydrogen-bond donors (Lipinski definition) is 0. The summed E-state index contributed by atoms with van der Waals surface area (Å²) in [5, 5.41) is 0. The van der Waals surface area contributed by atoms with E-state index in [1.807, 2.05) is 34.6 Å². The Kier molecular flexibility index (Phi) is 9.00. The third-order valence-corrected chi connectivity index (χ3v) is 3.29. The lowest BCUT2D eigenvalue weighted by Gasteiger charge is -2.23. The molecule has 1 unspecified atom stereocenters. The maximum atomic E-state index is 12.0. The van der Waals surface area contributed by atoms with Gasteiger partial charge in [-0.1, -0.05) is 6.92 Å². The van der Waals surface area contributed by atoms with Crippen LogP contribution in [-0.4, -0.2) is 54.6 Å². The van der Waals surface area contributed by atoms with E-state index in [0.717, 1.165) is 13.1 Å². The highest BCUT2D eigenvalue weighted by Gasteiger charge is 2.19. The molecule has 5 nitrogen and oxygen atoms in total. The normalized spacial score (nSPS) is 11.8. The van der Waals surface area contributed by atoms with Gasteiger partial charge in [0, 0.05) is 32.1 Å². The number of carbonyl (C=O) groups excluding carboxylic acids is 2. The monoisotopic (exact) mass is 272 g/mol. The van der Waals surface area contributed by atoms with Gasteiger partial charge in [0.2, 0.25) is 5.91 Å². The summed E-state index contributed by atoms with van der Waals surface area (Å²) >= 11 is 0. The standard InChI is InChI=1S/C14H28N2O3/c1-6-15(7-2)13(17)12(5)10-11-19-14(18)16(8-3)9-4/h12H,6-11H2,1-5H3. The zero-order valence-electron chi connectivity index (χ0n) is 12.9. The third-order valence-electron chi connectivity index (χ3n) is 3.29. The minimum atomic E-state index is -0.299. The summed E-state index contributed by atoms with van der Waals surface area (Å²) in [5.41, 5.74) is 0. The van der Waals surface area contributed by atoms with Crippen molar-refractivity contribution in [1.29, 1.82) is 0 Å². The minimum absolute atomic E-state index is 0.107. The quantitative estimate of drug-likeness (QED) is 0.681. The second-order valence-corrected chi connectivity index (χ2v) is 4.49. The Morgan fingerprint density at radius 1 is 0.947 bits per heavy atom. The molecule has 0 N–H and O–H groups in total. The van der Waals surface area contributed by atoms with E-state index >= 15 is 0 Å². The van der Waals surface area contributed by atoms with Crippen LogP contribution in [0, 0.1) is 5.92 Å². The summed E-state index contributed by atoms with van der Waals surface area (Å²) in [7, 11) is 0. The van der Waals surface area contributed by atoms with Gasteiger partial charge in [0.05, 0.1) is 6.61 Å². The first-order chi connectivity index (χ1) is 9.01. The zero-order valence-corrected chi connectivity index (χ0v) is 12.9. The average Bonchev–Trinajstić information content (AvgIpc) is 2.41. The Balaban J connectivity index is 4.06. The molecule has 0 saturated heterocycles. The van der Waals surface area contributed by atoms with Crippen LogP contribution in [0.4, 0.5) is 4.79 Å². The van der Waals surface area contributed by atoms with Gasteiger partial charge in [-0.15, -0.1) is 0 Å². The van der Waals surface area contributed by atoms with Crippen molar-refractivity contribution >= 4 is 12.0 Å². The molecule has 0 spiro atoms. The van der Waals surface area contributed by atoms with Crippen LogP contribution in [0.2, 0.25) is 0 Å². The predicted molar refractivity (Wildman–Crippen MR) is 76.0 cm³/mol. The fourth-order valence-electron chi connectivity index (χ4n) is 1.87. The van der Waals surface area contributed by atoms with Crippen LogP contribution >= 0.6 is 0 Å². The van der Waals surface area contributed by atoms with Crippen molar-refractivity contribution in [1.82, 2.24) is 9.80 Å². The highest BCUT2D eigenvalue weighted by Crippen LogP contribution is 2.08. The molecule has 2 amide bonds. The first-order valence-corrected chi connectivity index (χ1v) is 7.22. The number of amides is 2. The van der Waals surface area contributed by atoms with Gasteiger partial charge >= 0.3 is 6.09 Å².